The number of hydrogen-bond acceptors (Lipinski definition) is 0. The van der Waals surface area contributed by atoms with Gasteiger partial charge in [-0.25, -0.2) is 0 Å². The van der Waals surface area contributed by atoms with E-state index in [1.165, 1.54) is 104 Å². The smallest absolute Gasteiger partial charge is 0.0547 e. The average Bonchev–Trinajstić information content (AvgIpc) is 3.99. The first-order chi connectivity index (χ1) is 30.2. The van der Waals surface area contributed by atoms with Crippen molar-refractivity contribution < 1.29 is 0 Å². The summed E-state index contributed by atoms with van der Waals surface area (Å²) >= 11 is 0. The maximum Gasteiger partial charge on any atom is 0.0547 e. The van der Waals surface area contributed by atoms with Crippen LogP contribution in [0.15, 0.2) is 218 Å². The third kappa shape index (κ3) is 5.17. The molecule has 3 nitrogen and oxygen atoms in total. The fourth-order valence-corrected chi connectivity index (χ4v) is 10.0. The molecule has 0 atom stereocenters. The molecule has 0 unspecified atom stereocenters. The van der Waals surface area contributed by atoms with Crippen molar-refractivity contribution in [3.8, 4) is 44.8 Å². The van der Waals surface area contributed by atoms with E-state index in [-0.39, 0.29) is 0 Å². The van der Waals surface area contributed by atoms with E-state index in [0.717, 1.165) is 16.7 Å². The van der Waals surface area contributed by atoms with E-state index in [4.69, 9.17) is 0 Å². The lowest BCUT2D eigenvalue weighted by Crippen LogP contribution is -1.93. The van der Waals surface area contributed by atoms with Crippen molar-refractivity contribution in [2.24, 2.45) is 0 Å². The zero-order chi connectivity index (χ0) is 40.0. The zero-order valence-corrected chi connectivity index (χ0v) is 33.2. The molecule has 3 heteroatoms. The molecule has 0 bridgehead atoms. The Hall–Kier alpha value is -8.14. The Morgan fingerprint density at radius 3 is 1.57 bits per heavy atom. The SMILES string of the molecule is c1ccc(-n2c3ccc(-c4ccc(-c5cc(-c6ccc(-n7c8ccccc8c8ccccc87)cc6)c6[nH]c7ccccc7c6c5)cc4)cc3c3c4ccccc4ccc32)cc1. The largest absolute Gasteiger partial charge is 0.354 e. The van der Waals surface area contributed by atoms with Crippen molar-refractivity contribution in [2.75, 3.05) is 0 Å². The summed E-state index contributed by atoms with van der Waals surface area (Å²) in [6, 6.07) is 79.9. The Labute approximate surface area is 352 Å². The number of aromatic amines is 1. The summed E-state index contributed by atoms with van der Waals surface area (Å²) in [4.78, 5) is 3.79. The minimum absolute atomic E-state index is 1.14. The summed E-state index contributed by atoms with van der Waals surface area (Å²) in [6.45, 7) is 0. The summed E-state index contributed by atoms with van der Waals surface area (Å²) in [5.74, 6) is 0. The fourth-order valence-electron chi connectivity index (χ4n) is 10.0. The van der Waals surface area contributed by atoms with Gasteiger partial charge in [-0.2, -0.15) is 0 Å². The van der Waals surface area contributed by atoms with Gasteiger partial charge in [0.05, 0.1) is 27.6 Å². The van der Waals surface area contributed by atoms with Crippen LogP contribution in [0.2, 0.25) is 0 Å². The maximum absolute atomic E-state index is 3.79. The minimum atomic E-state index is 1.14. The highest BCUT2D eigenvalue weighted by Gasteiger charge is 2.18. The standard InChI is InChI=1S/C58H37N3/c1-2-13-43(14-3-1)61-55-32-29-41(34-51(55)57-45-15-5-4-12-39(45)28-33-56(57)61)37-22-24-38(25-23-37)42-35-49(58-50(36-42)46-16-6-9-19-52(46)59-58)40-26-30-44(31-27-40)60-53-20-10-7-17-47(53)48-18-8-11-21-54(48)60/h1-36,59H. The van der Waals surface area contributed by atoms with Gasteiger partial charge >= 0.3 is 0 Å². The maximum atomic E-state index is 3.79. The first-order valence-corrected chi connectivity index (χ1v) is 21.0. The van der Waals surface area contributed by atoms with Gasteiger partial charge in [0.15, 0.2) is 0 Å². The highest BCUT2D eigenvalue weighted by atomic mass is 15.0. The van der Waals surface area contributed by atoms with Crippen LogP contribution in [0.3, 0.4) is 0 Å². The van der Waals surface area contributed by atoms with Gasteiger partial charge < -0.3 is 14.1 Å². The average molecular weight is 776 g/mol. The van der Waals surface area contributed by atoms with Crippen LogP contribution in [0.4, 0.5) is 0 Å². The lowest BCUT2D eigenvalue weighted by molar-refractivity contribution is 1.18. The molecule has 3 aromatic heterocycles. The lowest BCUT2D eigenvalue weighted by Gasteiger charge is -2.12. The highest BCUT2D eigenvalue weighted by molar-refractivity contribution is 6.22. The van der Waals surface area contributed by atoms with Crippen LogP contribution in [0.1, 0.15) is 0 Å². The summed E-state index contributed by atoms with van der Waals surface area (Å²) in [5, 5.41) is 10.1. The first-order valence-electron chi connectivity index (χ1n) is 21.0. The van der Waals surface area contributed by atoms with Gasteiger partial charge in [0.2, 0.25) is 0 Å². The normalized spacial score (nSPS) is 11.9. The van der Waals surface area contributed by atoms with E-state index in [1.807, 2.05) is 0 Å². The number of nitrogens with zero attached hydrogens (tertiary/aromatic N) is 2. The molecule has 0 fully saturated rings. The molecule has 0 spiro atoms. The van der Waals surface area contributed by atoms with E-state index in [0.29, 0.717) is 0 Å². The van der Waals surface area contributed by atoms with Crippen molar-refractivity contribution in [1.29, 1.82) is 0 Å². The van der Waals surface area contributed by atoms with Crippen LogP contribution >= 0.6 is 0 Å². The molecule has 0 aliphatic heterocycles. The molecule has 10 aromatic carbocycles. The van der Waals surface area contributed by atoms with E-state index >= 15 is 0 Å². The first kappa shape index (κ1) is 33.8. The Balaban J connectivity index is 0.927. The predicted molar refractivity (Wildman–Crippen MR) is 258 cm³/mol. The topological polar surface area (TPSA) is 25.6 Å². The molecule has 0 saturated carbocycles. The molecule has 61 heavy (non-hydrogen) atoms. The molecule has 3 heterocycles. The number of H-pyrrole nitrogens is 1. The molecule has 13 rings (SSSR count). The van der Waals surface area contributed by atoms with E-state index in [2.05, 4.69) is 233 Å². The van der Waals surface area contributed by atoms with Gasteiger partial charge in [-0.15, -0.1) is 0 Å². The van der Waals surface area contributed by atoms with Crippen LogP contribution < -0.4 is 0 Å². The van der Waals surface area contributed by atoms with E-state index in [1.54, 1.807) is 0 Å². The van der Waals surface area contributed by atoms with Crippen molar-refractivity contribution in [2.45, 2.75) is 0 Å². The number of aromatic nitrogens is 3. The summed E-state index contributed by atoms with van der Waals surface area (Å²) in [6.07, 6.45) is 0. The summed E-state index contributed by atoms with van der Waals surface area (Å²) < 4.78 is 4.78. The highest BCUT2D eigenvalue weighted by Crippen LogP contribution is 2.41. The Morgan fingerprint density at radius 2 is 0.820 bits per heavy atom. The number of nitrogens with one attached hydrogen (secondary N) is 1. The van der Waals surface area contributed by atoms with Crippen molar-refractivity contribution in [1.82, 2.24) is 14.1 Å². The van der Waals surface area contributed by atoms with E-state index in [9.17, 15) is 0 Å². The second kappa shape index (κ2) is 13.2. The number of hydrogen-bond donors (Lipinski definition) is 1. The van der Waals surface area contributed by atoms with Crippen molar-refractivity contribution in [3.05, 3.63) is 218 Å². The van der Waals surface area contributed by atoms with Gasteiger partial charge in [-0.05, 0) is 111 Å². The predicted octanol–water partition coefficient (Wildman–Crippen LogP) is 15.7. The Kier molecular flexibility index (Phi) is 7.31. The van der Waals surface area contributed by atoms with Crippen LogP contribution in [-0.2, 0) is 0 Å². The molecule has 0 aliphatic rings. The number of para-hydroxylation sites is 4. The second-order valence-corrected chi connectivity index (χ2v) is 16.2. The molecular formula is C58H37N3. The van der Waals surface area contributed by atoms with Gasteiger partial charge in [-0.1, -0.05) is 146 Å². The van der Waals surface area contributed by atoms with Gasteiger partial charge in [-0.3, -0.25) is 0 Å². The molecule has 0 radical (unpaired) electrons. The van der Waals surface area contributed by atoms with Crippen molar-refractivity contribution in [3.63, 3.8) is 0 Å². The van der Waals surface area contributed by atoms with Gasteiger partial charge in [0, 0.05) is 54.8 Å². The van der Waals surface area contributed by atoms with Crippen LogP contribution in [0, 0.1) is 0 Å². The third-order valence-electron chi connectivity index (χ3n) is 12.9. The molecule has 0 saturated heterocycles. The van der Waals surface area contributed by atoms with Crippen LogP contribution in [0.5, 0.6) is 0 Å². The van der Waals surface area contributed by atoms with Crippen molar-refractivity contribution >= 4 is 76.2 Å². The van der Waals surface area contributed by atoms with Crippen LogP contribution in [-0.4, -0.2) is 14.1 Å². The third-order valence-corrected chi connectivity index (χ3v) is 12.9. The van der Waals surface area contributed by atoms with E-state index < -0.39 is 0 Å². The minimum Gasteiger partial charge on any atom is -0.354 e. The second-order valence-electron chi connectivity index (χ2n) is 16.2. The summed E-state index contributed by atoms with van der Waals surface area (Å²) in [5.41, 5.74) is 16.6. The molecular weight excluding hydrogens is 739 g/mol. The number of fused-ring (bicyclic) bond motifs is 11. The molecule has 1 N–H and O–H groups in total. The fraction of sp³-hybridized carbons (Fsp3) is 0. The Morgan fingerprint density at radius 1 is 0.295 bits per heavy atom. The quantitative estimate of drug-likeness (QED) is 0.180. The lowest BCUT2D eigenvalue weighted by atomic mass is 9.94. The van der Waals surface area contributed by atoms with Crippen LogP contribution in [0.25, 0.3) is 121 Å². The monoisotopic (exact) mass is 775 g/mol. The zero-order valence-electron chi connectivity index (χ0n) is 33.2. The molecule has 284 valence electrons. The number of rotatable bonds is 5. The molecule has 0 amide bonds. The van der Waals surface area contributed by atoms with Gasteiger partial charge in [0.25, 0.3) is 0 Å². The Bertz CT molecular complexity index is 3790. The van der Waals surface area contributed by atoms with Gasteiger partial charge in [0.1, 0.15) is 0 Å². The molecule has 0 aliphatic carbocycles. The number of benzene rings is 10. The molecule has 13 aromatic rings. The summed E-state index contributed by atoms with van der Waals surface area (Å²) in [7, 11) is 0.